The molecule has 0 atom stereocenters. The minimum absolute atomic E-state index is 0.571. The van der Waals surface area contributed by atoms with E-state index in [1.54, 1.807) is 11.3 Å². The summed E-state index contributed by atoms with van der Waals surface area (Å²) in [5, 5.41) is 12.0. The molecule has 0 aromatic carbocycles. The third kappa shape index (κ3) is 1.84. The molecule has 1 aliphatic carbocycles. The maximum Gasteiger partial charge on any atom is 0.112 e. The van der Waals surface area contributed by atoms with E-state index >= 15 is 0 Å². The molecule has 2 aromatic heterocycles. The lowest BCUT2D eigenvalue weighted by molar-refractivity contribution is 0.662. The van der Waals surface area contributed by atoms with Crippen molar-refractivity contribution < 1.29 is 0 Å². The molecule has 0 radical (unpaired) electrons. The van der Waals surface area contributed by atoms with Crippen LogP contribution in [-0.4, -0.2) is 4.98 Å². The smallest absolute Gasteiger partial charge is 0.112 e. The molecule has 0 saturated heterocycles. The van der Waals surface area contributed by atoms with Gasteiger partial charge in [-0.3, -0.25) is 0 Å². The first-order valence-electron chi connectivity index (χ1n) is 6.00. The number of pyridine rings is 1. The van der Waals surface area contributed by atoms with Crippen molar-refractivity contribution >= 4 is 24.0 Å². The molecule has 0 saturated carbocycles. The van der Waals surface area contributed by atoms with Crippen molar-refractivity contribution in [3.8, 4) is 16.5 Å². The van der Waals surface area contributed by atoms with Gasteiger partial charge in [-0.05, 0) is 42.7 Å². The highest BCUT2D eigenvalue weighted by Gasteiger charge is 2.22. The molecule has 0 spiro atoms. The molecule has 18 heavy (non-hydrogen) atoms. The third-order valence-corrected chi connectivity index (χ3v) is 4.55. The van der Waals surface area contributed by atoms with Crippen LogP contribution in [0.4, 0.5) is 0 Å². The van der Waals surface area contributed by atoms with Crippen LogP contribution in [-0.2, 0) is 12.8 Å². The van der Waals surface area contributed by atoms with Gasteiger partial charge in [-0.1, -0.05) is 6.07 Å². The van der Waals surface area contributed by atoms with Crippen molar-refractivity contribution in [3.63, 3.8) is 0 Å². The second-order valence-corrected chi connectivity index (χ2v) is 5.78. The van der Waals surface area contributed by atoms with Crippen molar-refractivity contribution in [1.82, 2.24) is 4.98 Å². The van der Waals surface area contributed by atoms with Crippen LogP contribution in [0.5, 0.6) is 0 Å². The van der Waals surface area contributed by atoms with Crippen molar-refractivity contribution in [3.05, 3.63) is 34.3 Å². The van der Waals surface area contributed by atoms with Crippen molar-refractivity contribution in [2.45, 2.75) is 30.7 Å². The van der Waals surface area contributed by atoms with Gasteiger partial charge in [0.2, 0.25) is 0 Å². The second-order valence-electron chi connectivity index (χ2n) is 4.41. The Morgan fingerprint density at radius 2 is 2.17 bits per heavy atom. The van der Waals surface area contributed by atoms with E-state index in [0.717, 1.165) is 29.0 Å². The lowest BCUT2D eigenvalue weighted by Gasteiger charge is -2.20. The monoisotopic (exact) mass is 272 g/mol. The molecule has 0 fully saturated rings. The summed E-state index contributed by atoms with van der Waals surface area (Å²) in [6, 6.07) is 6.37. The fourth-order valence-corrected chi connectivity index (χ4v) is 3.61. The first kappa shape index (κ1) is 11.8. The maximum absolute atomic E-state index is 9.37. The average molecular weight is 272 g/mol. The molecule has 90 valence electrons. The molecule has 0 aliphatic heterocycles. The summed E-state index contributed by atoms with van der Waals surface area (Å²) in [5.41, 5.74) is 4.09. The zero-order valence-corrected chi connectivity index (χ0v) is 11.5. The first-order chi connectivity index (χ1) is 8.81. The van der Waals surface area contributed by atoms with Crippen LogP contribution >= 0.6 is 24.0 Å². The van der Waals surface area contributed by atoms with E-state index < -0.39 is 0 Å². The van der Waals surface area contributed by atoms with Gasteiger partial charge in [0.1, 0.15) is 11.1 Å². The van der Waals surface area contributed by atoms with Crippen LogP contribution in [0.2, 0.25) is 0 Å². The number of aryl methyl sites for hydroxylation is 1. The molecule has 2 heterocycles. The highest BCUT2D eigenvalue weighted by molar-refractivity contribution is 7.80. The minimum atomic E-state index is 0.571. The Kier molecular flexibility index (Phi) is 3.11. The number of thiol groups is 1. The maximum atomic E-state index is 9.37. The summed E-state index contributed by atoms with van der Waals surface area (Å²) in [7, 11) is 0. The molecule has 3 rings (SSSR count). The van der Waals surface area contributed by atoms with Gasteiger partial charge in [-0.2, -0.15) is 5.26 Å². The zero-order chi connectivity index (χ0) is 12.5. The highest BCUT2D eigenvalue weighted by Crippen LogP contribution is 2.37. The van der Waals surface area contributed by atoms with Crippen molar-refractivity contribution in [1.29, 1.82) is 5.26 Å². The van der Waals surface area contributed by atoms with Crippen LogP contribution in [0.1, 0.15) is 29.7 Å². The Morgan fingerprint density at radius 3 is 2.89 bits per heavy atom. The van der Waals surface area contributed by atoms with Gasteiger partial charge in [-0.25, -0.2) is 4.98 Å². The van der Waals surface area contributed by atoms with E-state index in [0.29, 0.717) is 10.6 Å². The summed E-state index contributed by atoms with van der Waals surface area (Å²) in [5.74, 6) is 0. The Morgan fingerprint density at radius 1 is 1.33 bits per heavy atom. The topological polar surface area (TPSA) is 36.7 Å². The SMILES string of the molecule is N#Cc1c(S)nc2c(c1-c1cccs1)CCCC2. The summed E-state index contributed by atoms with van der Waals surface area (Å²) in [4.78, 5) is 5.66. The summed E-state index contributed by atoms with van der Waals surface area (Å²) >= 11 is 6.06. The van der Waals surface area contributed by atoms with Gasteiger partial charge in [-0.15, -0.1) is 24.0 Å². The number of hydrogen-bond donors (Lipinski definition) is 1. The summed E-state index contributed by atoms with van der Waals surface area (Å²) in [6.45, 7) is 0. The molecule has 0 bridgehead atoms. The number of rotatable bonds is 1. The quantitative estimate of drug-likeness (QED) is 0.801. The average Bonchev–Trinajstić information content (AvgIpc) is 2.90. The predicted molar refractivity (Wildman–Crippen MR) is 76.2 cm³/mol. The Hall–Kier alpha value is -1.31. The molecule has 2 aromatic rings. The van der Waals surface area contributed by atoms with Crippen LogP contribution in [0.25, 0.3) is 10.4 Å². The standard InChI is InChI=1S/C14H12N2S2/c15-8-10-13(12-6-3-7-18-12)9-4-1-2-5-11(9)16-14(10)17/h3,6-7H,1-2,4-5H2,(H,16,17). The van der Waals surface area contributed by atoms with Crippen molar-refractivity contribution in [2.75, 3.05) is 0 Å². The van der Waals surface area contributed by atoms with E-state index in [-0.39, 0.29) is 0 Å². The number of nitrogens with zero attached hydrogens (tertiary/aromatic N) is 2. The van der Waals surface area contributed by atoms with Crippen LogP contribution in [0, 0.1) is 11.3 Å². The molecular formula is C14H12N2S2. The van der Waals surface area contributed by atoms with Gasteiger partial charge < -0.3 is 0 Å². The number of hydrogen-bond acceptors (Lipinski definition) is 4. The summed E-state index contributed by atoms with van der Waals surface area (Å²) in [6.07, 6.45) is 4.40. The number of fused-ring (bicyclic) bond motifs is 1. The van der Waals surface area contributed by atoms with E-state index in [1.807, 2.05) is 11.4 Å². The fraction of sp³-hybridized carbons (Fsp3) is 0.286. The largest absolute Gasteiger partial charge is 0.245 e. The number of aromatic nitrogens is 1. The lowest BCUT2D eigenvalue weighted by Crippen LogP contribution is -2.09. The van der Waals surface area contributed by atoms with Crippen molar-refractivity contribution in [2.24, 2.45) is 0 Å². The highest BCUT2D eigenvalue weighted by atomic mass is 32.1. The molecule has 0 amide bonds. The zero-order valence-electron chi connectivity index (χ0n) is 9.81. The van der Waals surface area contributed by atoms with E-state index in [2.05, 4.69) is 29.7 Å². The molecule has 2 nitrogen and oxygen atoms in total. The molecular weight excluding hydrogens is 260 g/mol. The second kappa shape index (κ2) is 4.75. The Bertz CT molecular complexity index is 624. The van der Waals surface area contributed by atoms with Gasteiger partial charge >= 0.3 is 0 Å². The van der Waals surface area contributed by atoms with Gasteiger partial charge in [0.25, 0.3) is 0 Å². The molecule has 0 unspecified atom stereocenters. The van der Waals surface area contributed by atoms with Gasteiger partial charge in [0.15, 0.2) is 0 Å². The first-order valence-corrected chi connectivity index (χ1v) is 7.32. The minimum Gasteiger partial charge on any atom is -0.245 e. The predicted octanol–water partition coefficient (Wildman–Crippen LogP) is 3.85. The molecule has 4 heteroatoms. The van der Waals surface area contributed by atoms with Crippen LogP contribution in [0.15, 0.2) is 22.5 Å². The molecule has 1 aliphatic rings. The Labute approximate surface area is 116 Å². The van der Waals surface area contributed by atoms with Crippen LogP contribution in [0.3, 0.4) is 0 Å². The van der Waals surface area contributed by atoms with E-state index in [9.17, 15) is 5.26 Å². The fourth-order valence-electron chi connectivity index (χ4n) is 2.53. The Balaban J connectivity index is 2.33. The van der Waals surface area contributed by atoms with E-state index in [1.165, 1.54) is 18.4 Å². The van der Waals surface area contributed by atoms with E-state index in [4.69, 9.17) is 0 Å². The number of nitriles is 1. The summed E-state index contributed by atoms with van der Waals surface area (Å²) < 4.78 is 0. The number of thiophene rings is 1. The lowest BCUT2D eigenvalue weighted by atomic mass is 9.89. The third-order valence-electron chi connectivity index (χ3n) is 3.33. The van der Waals surface area contributed by atoms with Crippen LogP contribution < -0.4 is 0 Å². The van der Waals surface area contributed by atoms with Gasteiger partial charge in [0.05, 0.1) is 5.56 Å². The normalized spacial score (nSPS) is 14.0. The molecule has 0 N–H and O–H groups in total. The van der Waals surface area contributed by atoms with Gasteiger partial charge in [0, 0.05) is 16.1 Å².